The topological polar surface area (TPSA) is 56.7 Å². The van der Waals surface area contributed by atoms with E-state index in [9.17, 15) is 0 Å². The SMILES string of the molecule is Cn1cnc(-c2noc(C3CC4C=CC3C4)n2)c1. The highest BCUT2D eigenvalue weighted by atomic mass is 16.5. The molecule has 4 rings (SSSR count). The van der Waals surface area contributed by atoms with Gasteiger partial charge in [-0.05, 0) is 24.7 Å². The monoisotopic (exact) mass is 242 g/mol. The number of nitrogens with zero attached hydrogens (tertiary/aromatic N) is 4. The molecule has 0 saturated heterocycles. The van der Waals surface area contributed by atoms with E-state index < -0.39 is 0 Å². The Kier molecular flexibility index (Phi) is 1.98. The van der Waals surface area contributed by atoms with E-state index in [2.05, 4.69) is 27.3 Å². The van der Waals surface area contributed by atoms with Crippen molar-refractivity contribution in [3.8, 4) is 11.5 Å². The molecule has 5 heteroatoms. The molecule has 3 unspecified atom stereocenters. The van der Waals surface area contributed by atoms with E-state index in [-0.39, 0.29) is 0 Å². The van der Waals surface area contributed by atoms with E-state index in [0.717, 1.165) is 18.0 Å². The molecular formula is C13H14N4O. The lowest BCUT2D eigenvalue weighted by atomic mass is 9.94. The van der Waals surface area contributed by atoms with Crippen LogP contribution in [0.1, 0.15) is 24.7 Å². The van der Waals surface area contributed by atoms with Crippen LogP contribution in [0.2, 0.25) is 0 Å². The summed E-state index contributed by atoms with van der Waals surface area (Å²) in [7, 11) is 1.93. The van der Waals surface area contributed by atoms with Gasteiger partial charge in [0, 0.05) is 19.2 Å². The summed E-state index contributed by atoms with van der Waals surface area (Å²) in [5.41, 5.74) is 0.770. The van der Waals surface area contributed by atoms with Crippen LogP contribution in [0.3, 0.4) is 0 Å². The highest BCUT2D eigenvalue weighted by Crippen LogP contribution is 2.48. The molecule has 3 atom stereocenters. The fraction of sp³-hybridized carbons (Fsp3) is 0.462. The first-order valence-electron chi connectivity index (χ1n) is 6.30. The molecule has 0 amide bonds. The van der Waals surface area contributed by atoms with Crippen LogP contribution in [-0.4, -0.2) is 19.7 Å². The van der Waals surface area contributed by atoms with Gasteiger partial charge in [-0.2, -0.15) is 4.98 Å². The molecule has 92 valence electrons. The summed E-state index contributed by atoms with van der Waals surface area (Å²) < 4.78 is 7.30. The van der Waals surface area contributed by atoms with Crippen molar-refractivity contribution in [1.29, 1.82) is 0 Å². The van der Waals surface area contributed by atoms with Crippen molar-refractivity contribution in [2.45, 2.75) is 18.8 Å². The summed E-state index contributed by atoms with van der Waals surface area (Å²) >= 11 is 0. The maximum atomic E-state index is 5.42. The van der Waals surface area contributed by atoms with Gasteiger partial charge in [0.05, 0.1) is 6.33 Å². The number of aromatic nitrogens is 4. The summed E-state index contributed by atoms with van der Waals surface area (Å²) in [6, 6.07) is 0. The average Bonchev–Trinajstić information content (AvgIpc) is 3.12. The van der Waals surface area contributed by atoms with Gasteiger partial charge in [-0.25, -0.2) is 4.98 Å². The van der Waals surface area contributed by atoms with Gasteiger partial charge in [-0.15, -0.1) is 0 Å². The zero-order chi connectivity index (χ0) is 12.1. The number of rotatable bonds is 2. The molecule has 1 fully saturated rings. The number of hydrogen-bond acceptors (Lipinski definition) is 4. The molecular weight excluding hydrogens is 228 g/mol. The minimum atomic E-state index is 0.407. The maximum Gasteiger partial charge on any atom is 0.230 e. The van der Waals surface area contributed by atoms with E-state index in [1.54, 1.807) is 6.33 Å². The Hall–Kier alpha value is -1.91. The summed E-state index contributed by atoms with van der Waals surface area (Å²) in [6.45, 7) is 0. The molecule has 0 aromatic carbocycles. The standard InChI is InChI=1S/C13H14N4O/c1-17-6-11(14-7-17)12-15-13(18-16-12)10-5-8-2-3-9(10)4-8/h2-3,6-10H,4-5H2,1H3. The lowest BCUT2D eigenvalue weighted by molar-refractivity contribution is 0.337. The average molecular weight is 242 g/mol. The molecule has 0 spiro atoms. The van der Waals surface area contributed by atoms with E-state index in [1.807, 2.05) is 17.8 Å². The Labute approximate surface area is 105 Å². The molecule has 0 radical (unpaired) electrons. The lowest BCUT2D eigenvalue weighted by Crippen LogP contribution is -2.05. The van der Waals surface area contributed by atoms with Gasteiger partial charge < -0.3 is 9.09 Å². The van der Waals surface area contributed by atoms with E-state index in [0.29, 0.717) is 23.6 Å². The van der Waals surface area contributed by atoms with Gasteiger partial charge >= 0.3 is 0 Å². The number of hydrogen-bond donors (Lipinski definition) is 0. The van der Waals surface area contributed by atoms with Crippen LogP contribution in [0, 0.1) is 11.8 Å². The Morgan fingerprint density at radius 2 is 2.28 bits per heavy atom. The summed E-state index contributed by atoms with van der Waals surface area (Å²) in [5, 5.41) is 4.04. The first-order valence-corrected chi connectivity index (χ1v) is 6.30. The molecule has 0 aliphatic heterocycles. The molecule has 18 heavy (non-hydrogen) atoms. The highest BCUT2D eigenvalue weighted by molar-refractivity contribution is 5.46. The van der Waals surface area contributed by atoms with Gasteiger partial charge in [0.25, 0.3) is 0 Å². The van der Waals surface area contributed by atoms with Crippen LogP contribution in [0.15, 0.2) is 29.2 Å². The first kappa shape index (κ1) is 10.1. The second-order valence-corrected chi connectivity index (χ2v) is 5.27. The predicted molar refractivity (Wildman–Crippen MR) is 64.6 cm³/mol. The summed E-state index contributed by atoms with van der Waals surface area (Å²) in [6.07, 6.45) is 10.6. The van der Waals surface area contributed by atoms with Crippen LogP contribution in [-0.2, 0) is 7.05 Å². The third-order valence-electron chi connectivity index (χ3n) is 3.97. The molecule has 2 aliphatic carbocycles. The van der Waals surface area contributed by atoms with Crippen LogP contribution in [0.5, 0.6) is 0 Å². The van der Waals surface area contributed by atoms with E-state index >= 15 is 0 Å². The number of fused-ring (bicyclic) bond motifs is 2. The zero-order valence-corrected chi connectivity index (χ0v) is 10.2. The smallest absolute Gasteiger partial charge is 0.230 e. The molecule has 0 N–H and O–H groups in total. The Morgan fingerprint density at radius 1 is 1.33 bits per heavy atom. The van der Waals surface area contributed by atoms with Gasteiger partial charge in [0.15, 0.2) is 0 Å². The number of aryl methyl sites for hydroxylation is 1. The predicted octanol–water partition coefficient (Wildman–Crippen LogP) is 2.15. The minimum Gasteiger partial charge on any atom is -0.340 e. The second kappa shape index (κ2) is 3.54. The van der Waals surface area contributed by atoms with Crippen molar-refractivity contribution in [2.24, 2.45) is 18.9 Å². The second-order valence-electron chi connectivity index (χ2n) is 5.27. The quantitative estimate of drug-likeness (QED) is 0.757. The van der Waals surface area contributed by atoms with Crippen LogP contribution < -0.4 is 0 Å². The van der Waals surface area contributed by atoms with E-state index in [1.165, 1.54) is 6.42 Å². The van der Waals surface area contributed by atoms with Gasteiger partial charge in [0.2, 0.25) is 11.7 Å². The van der Waals surface area contributed by atoms with Crippen molar-refractivity contribution in [3.05, 3.63) is 30.6 Å². The lowest BCUT2D eigenvalue weighted by Gasteiger charge is -2.12. The molecule has 2 heterocycles. The Bertz CT molecular complexity index is 612. The minimum absolute atomic E-state index is 0.407. The third-order valence-corrected chi connectivity index (χ3v) is 3.97. The van der Waals surface area contributed by atoms with Crippen LogP contribution >= 0.6 is 0 Å². The zero-order valence-electron chi connectivity index (χ0n) is 10.2. The molecule has 2 aliphatic rings. The number of allylic oxidation sites excluding steroid dienone is 2. The summed E-state index contributed by atoms with van der Waals surface area (Å²) in [5.74, 6) is 3.08. The molecule has 2 bridgehead atoms. The van der Waals surface area contributed by atoms with Crippen molar-refractivity contribution in [1.82, 2.24) is 19.7 Å². The van der Waals surface area contributed by atoms with Crippen LogP contribution in [0.25, 0.3) is 11.5 Å². The van der Waals surface area contributed by atoms with Crippen molar-refractivity contribution < 1.29 is 4.52 Å². The van der Waals surface area contributed by atoms with Gasteiger partial charge in [0.1, 0.15) is 5.69 Å². The molecule has 5 nitrogen and oxygen atoms in total. The Balaban J connectivity index is 1.64. The largest absolute Gasteiger partial charge is 0.340 e. The van der Waals surface area contributed by atoms with Gasteiger partial charge in [-0.3, -0.25) is 0 Å². The summed E-state index contributed by atoms with van der Waals surface area (Å²) in [4.78, 5) is 8.74. The Morgan fingerprint density at radius 3 is 2.94 bits per heavy atom. The van der Waals surface area contributed by atoms with Crippen molar-refractivity contribution in [3.63, 3.8) is 0 Å². The van der Waals surface area contributed by atoms with Crippen molar-refractivity contribution >= 4 is 0 Å². The molecule has 1 saturated carbocycles. The maximum absolute atomic E-state index is 5.42. The molecule has 2 aromatic rings. The fourth-order valence-corrected chi connectivity index (χ4v) is 3.08. The van der Waals surface area contributed by atoms with Crippen molar-refractivity contribution in [2.75, 3.05) is 0 Å². The first-order chi connectivity index (χ1) is 8.79. The molecule has 2 aromatic heterocycles. The fourth-order valence-electron chi connectivity index (χ4n) is 3.08. The third kappa shape index (κ3) is 1.43. The van der Waals surface area contributed by atoms with Gasteiger partial charge in [-0.1, -0.05) is 17.3 Å². The normalized spacial score (nSPS) is 29.3. The van der Waals surface area contributed by atoms with E-state index in [4.69, 9.17) is 4.52 Å². The highest BCUT2D eigenvalue weighted by Gasteiger charge is 2.39. The number of imidazole rings is 1. The van der Waals surface area contributed by atoms with Crippen LogP contribution in [0.4, 0.5) is 0 Å².